The first-order valence-electron chi connectivity index (χ1n) is 9.84. The van der Waals surface area contributed by atoms with Gasteiger partial charge in [0.15, 0.2) is 5.69 Å². The lowest BCUT2D eigenvalue weighted by Crippen LogP contribution is -2.35. The van der Waals surface area contributed by atoms with Gasteiger partial charge in [-0.15, -0.1) is 0 Å². The molecule has 1 aliphatic heterocycles. The lowest BCUT2D eigenvalue weighted by molar-refractivity contribution is -0.141. The normalized spacial score (nSPS) is 15.1. The molecule has 2 heterocycles. The van der Waals surface area contributed by atoms with E-state index in [1.807, 2.05) is 0 Å². The monoisotopic (exact) mass is 432 g/mol. The van der Waals surface area contributed by atoms with Gasteiger partial charge in [-0.1, -0.05) is 0 Å². The number of benzene rings is 2. The van der Waals surface area contributed by atoms with Gasteiger partial charge in [-0.05, 0) is 61.0 Å². The molecule has 4 rings (SSSR count). The highest BCUT2D eigenvalue weighted by molar-refractivity contribution is 5.94. The maximum Gasteiger partial charge on any atom is 0.435 e. The molecule has 3 aromatic rings. The van der Waals surface area contributed by atoms with Crippen LogP contribution in [0, 0.1) is 5.82 Å². The molecule has 31 heavy (non-hydrogen) atoms. The molecule has 9 heteroatoms. The van der Waals surface area contributed by atoms with Gasteiger partial charge >= 0.3 is 6.18 Å². The minimum absolute atomic E-state index is 0.135. The predicted molar refractivity (Wildman–Crippen MR) is 108 cm³/mol. The van der Waals surface area contributed by atoms with E-state index < -0.39 is 11.9 Å². The summed E-state index contributed by atoms with van der Waals surface area (Å²) < 4.78 is 52.5. The summed E-state index contributed by atoms with van der Waals surface area (Å²) in [6.07, 6.45) is -2.50. The first kappa shape index (κ1) is 20.9. The molecule has 0 bridgehead atoms. The van der Waals surface area contributed by atoms with E-state index >= 15 is 0 Å². The zero-order chi connectivity index (χ0) is 22.0. The molecule has 0 spiro atoms. The van der Waals surface area contributed by atoms with Gasteiger partial charge in [-0.3, -0.25) is 4.79 Å². The maximum absolute atomic E-state index is 13.2. The van der Waals surface area contributed by atoms with Crippen molar-refractivity contribution in [2.45, 2.75) is 12.6 Å². The Morgan fingerprint density at radius 2 is 1.52 bits per heavy atom. The highest BCUT2D eigenvalue weighted by Crippen LogP contribution is 2.28. The molecule has 2 aromatic carbocycles. The second kappa shape index (κ2) is 8.41. The van der Waals surface area contributed by atoms with Crippen LogP contribution in [0.4, 0.5) is 23.2 Å². The molecule has 1 aliphatic rings. The van der Waals surface area contributed by atoms with E-state index in [1.165, 1.54) is 18.3 Å². The molecule has 162 valence electrons. The second-order valence-electron chi connectivity index (χ2n) is 7.30. The molecule has 1 amide bonds. The number of nitrogens with zero attached hydrogens (tertiary/aromatic N) is 4. The summed E-state index contributed by atoms with van der Waals surface area (Å²) in [4.78, 5) is 16.8. The van der Waals surface area contributed by atoms with Gasteiger partial charge in [-0.2, -0.15) is 18.3 Å². The Kier molecular flexibility index (Phi) is 5.67. The fourth-order valence-corrected chi connectivity index (χ4v) is 3.59. The average Bonchev–Trinajstić information content (AvgIpc) is 3.14. The van der Waals surface area contributed by atoms with E-state index in [9.17, 15) is 22.4 Å². The molecular weight excluding hydrogens is 412 g/mol. The number of carbonyl (C=O) groups is 1. The first-order chi connectivity index (χ1) is 14.8. The van der Waals surface area contributed by atoms with Gasteiger partial charge in [0.2, 0.25) is 0 Å². The Bertz CT molecular complexity index is 1040. The molecule has 5 nitrogen and oxygen atoms in total. The van der Waals surface area contributed by atoms with Gasteiger partial charge in [0.25, 0.3) is 5.91 Å². The van der Waals surface area contributed by atoms with E-state index in [1.54, 1.807) is 41.3 Å². The van der Waals surface area contributed by atoms with Crippen LogP contribution in [-0.4, -0.2) is 46.8 Å². The lowest BCUT2D eigenvalue weighted by Gasteiger charge is -2.24. The molecule has 0 radical (unpaired) electrons. The summed E-state index contributed by atoms with van der Waals surface area (Å²) in [6.45, 7) is 2.50. The minimum Gasteiger partial charge on any atom is -0.370 e. The molecular formula is C22H20F4N4O. The van der Waals surface area contributed by atoms with Crippen molar-refractivity contribution in [3.05, 3.63) is 77.9 Å². The maximum atomic E-state index is 13.2. The number of anilines is 1. The van der Waals surface area contributed by atoms with Crippen molar-refractivity contribution in [1.82, 2.24) is 14.7 Å². The Balaban J connectivity index is 1.42. The summed E-state index contributed by atoms with van der Waals surface area (Å²) in [5.74, 6) is -0.424. The molecule has 0 saturated carbocycles. The van der Waals surface area contributed by atoms with Gasteiger partial charge in [0.05, 0.1) is 5.69 Å². The minimum atomic E-state index is -4.50. The van der Waals surface area contributed by atoms with Crippen LogP contribution in [0.5, 0.6) is 0 Å². The summed E-state index contributed by atoms with van der Waals surface area (Å²) in [7, 11) is 0. The van der Waals surface area contributed by atoms with Gasteiger partial charge in [-0.25, -0.2) is 9.07 Å². The highest BCUT2D eigenvalue weighted by Gasteiger charge is 2.33. The molecule has 0 aliphatic carbocycles. The largest absolute Gasteiger partial charge is 0.435 e. The van der Waals surface area contributed by atoms with Gasteiger partial charge < -0.3 is 9.80 Å². The number of hydrogen-bond donors (Lipinski definition) is 0. The van der Waals surface area contributed by atoms with E-state index in [2.05, 4.69) is 10.00 Å². The highest BCUT2D eigenvalue weighted by atomic mass is 19.4. The predicted octanol–water partition coefficient (Wildman–Crippen LogP) is 4.38. The Hall–Kier alpha value is -3.36. The van der Waals surface area contributed by atoms with E-state index in [0.717, 1.165) is 29.4 Å². The van der Waals surface area contributed by atoms with E-state index in [4.69, 9.17) is 0 Å². The fraction of sp³-hybridized carbons (Fsp3) is 0.273. The van der Waals surface area contributed by atoms with Crippen LogP contribution < -0.4 is 4.90 Å². The third-order valence-electron chi connectivity index (χ3n) is 5.23. The molecule has 0 atom stereocenters. The summed E-state index contributed by atoms with van der Waals surface area (Å²) in [5.41, 5.74) is 0.841. The van der Waals surface area contributed by atoms with Crippen LogP contribution >= 0.6 is 0 Å². The van der Waals surface area contributed by atoms with E-state index in [-0.39, 0.29) is 11.7 Å². The third-order valence-corrected chi connectivity index (χ3v) is 5.23. The van der Waals surface area contributed by atoms with Crippen molar-refractivity contribution in [2.75, 3.05) is 31.1 Å². The number of alkyl halides is 3. The van der Waals surface area contributed by atoms with Crippen LogP contribution in [0.3, 0.4) is 0 Å². The zero-order valence-corrected chi connectivity index (χ0v) is 16.5. The quantitative estimate of drug-likeness (QED) is 0.577. The smallest absolute Gasteiger partial charge is 0.370 e. The number of halogens is 4. The first-order valence-corrected chi connectivity index (χ1v) is 9.84. The summed E-state index contributed by atoms with van der Waals surface area (Å²) >= 11 is 0. The Morgan fingerprint density at radius 3 is 2.16 bits per heavy atom. The van der Waals surface area contributed by atoms with Gasteiger partial charge in [0.1, 0.15) is 5.82 Å². The fourth-order valence-electron chi connectivity index (χ4n) is 3.59. The molecule has 1 saturated heterocycles. The van der Waals surface area contributed by atoms with Crippen molar-refractivity contribution in [3.8, 4) is 5.69 Å². The Morgan fingerprint density at radius 1 is 0.839 bits per heavy atom. The summed E-state index contributed by atoms with van der Waals surface area (Å²) in [6, 6.07) is 13.5. The molecule has 0 N–H and O–H groups in total. The lowest BCUT2D eigenvalue weighted by atomic mass is 10.1. The number of amides is 1. The number of rotatable bonds is 3. The standard InChI is InChI=1S/C22H20F4N4O/c23-17-4-8-18(9-5-17)28-11-1-12-29(15-14-28)21(31)16-2-6-19(7-3-16)30-13-10-20(27-30)22(24,25)26/h2-10,13H,1,11-12,14-15H2. The molecule has 1 fully saturated rings. The van der Waals surface area contributed by atoms with Crippen LogP contribution in [0.25, 0.3) is 5.69 Å². The number of aromatic nitrogens is 2. The van der Waals surface area contributed by atoms with Crippen molar-refractivity contribution in [3.63, 3.8) is 0 Å². The Labute approximate surface area is 176 Å². The van der Waals surface area contributed by atoms with Crippen LogP contribution in [0.15, 0.2) is 60.8 Å². The number of hydrogen-bond acceptors (Lipinski definition) is 3. The molecule has 0 unspecified atom stereocenters. The van der Waals surface area contributed by atoms with E-state index in [0.29, 0.717) is 30.9 Å². The summed E-state index contributed by atoms with van der Waals surface area (Å²) in [5, 5.41) is 3.54. The van der Waals surface area contributed by atoms with Crippen molar-refractivity contribution >= 4 is 11.6 Å². The van der Waals surface area contributed by atoms with Crippen molar-refractivity contribution in [2.24, 2.45) is 0 Å². The van der Waals surface area contributed by atoms with Crippen LogP contribution in [0.2, 0.25) is 0 Å². The van der Waals surface area contributed by atoms with Crippen LogP contribution in [0.1, 0.15) is 22.5 Å². The topological polar surface area (TPSA) is 41.4 Å². The van der Waals surface area contributed by atoms with Crippen molar-refractivity contribution in [1.29, 1.82) is 0 Å². The van der Waals surface area contributed by atoms with Gasteiger partial charge in [0, 0.05) is 43.6 Å². The van der Waals surface area contributed by atoms with Crippen molar-refractivity contribution < 1.29 is 22.4 Å². The average molecular weight is 432 g/mol. The number of carbonyl (C=O) groups excluding carboxylic acids is 1. The van der Waals surface area contributed by atoms with Crippen LogP contribution in [-0.2, 0) is 6.18 Å². The second-order valence-corrected chi connectivity index (χ2v) is 7.30. The molecule has 1 aromatic heterocycles. The third kappa shape index (κ3) is 4.70. The zero-order valence-electron chi connectivity index (χ0n) is 16.5. The SMILES string of the molecule is O=C(c1ccc(-n2ccc(C(F)(F)F)n2)cc1)N1CCCN(c2ccc(F)cc2)CC1.